The van der Waals surface area contributed by atoms with E-state index < -0.39 is 0 Å². The van der Waals surface area contributed by atoms with Crippen molar-refractivity contribution < 1.29 is 0 Å². The average Bonchev–Trinajstić information content (AvgIpc) is 2.51. The molecule has 1 atom stereocenters. The molecule has 16 heavy (non-hydrogen) atoms. The predicted octanol–water partition coefficient (Wildman–Crippen LogP) is 2.58. The summed E-state index contributed by atoms with van der Waals surface area (Å²) in [5, 5.41) is 9.65. The first-order valence-corrected chi connectivity index (χ1v) is 6.72. The molecule has 0 fully saturated rings. The van der Waals surface area contributed by atoms with E-state index in [-0.39, 0.29) is 0 Å². The Bertz CT molecular complexity index is 327. The van der Waals surface area contributed by atoms with Crippen molar-refractivity contribution in [2.24, 2.45) is 4.99 Å². The Labute approximate surface area is 109 Å². The van der Waals surface area contributed by atoms with Crippen molar-refractivity contribution in [1.29, 1.82) is 5.41 Å². The van der Waals surface area contributed by atoms with E-state index in [4.69, 9.17) is 5.41 Å². The fourth-order valence-corrected chi connectivity index (χ4v) is 3.69. The lowest BCUT2D eigenvalue weighted by atomic mass is 10.2. The molecule has 0 aromatic carbocycles. The Hall–Kier alpha value is -0.330. The third kappa shape index (κ3) is 3.33. The van der Waals surface area contributed by atoms with Gasteiger partial charge in [-0.15, -0.1) is 0 Å². The summed E-state index contributed by atoms with van der Waals surface area (Å²) in [6.07, 6.45) is 2.24. The summed E-state index contributed by atoms with van der Waals surface area (Å²) in [7, 11) is 2.10. The summed E-state index contributed by atoms with van der Waals surface area (Å²) in [4.78, 5) is 5.62. The van der Waals surface area contributed by atoms with Gasteiger partial charge in [0.2, 0.25) is 0 Å². The van der Waals surface area contributed by atoms with Gasteiger partial charge in [-0.1, -0.05) is 22.9 Å². The summed E-state index contributed by atoms with van der Waals surface area (Å²) in [6, 6.07) is 0.464. The van der Waals surface area contributed by atoms with Crippen molar-refractivity contribution in [2.45, 2.75) is 26.3 Å². The van der Waals surface area contributed by atoms with Crippen LogP contribution in [-0.4, -0.2) is 36.1 Å². The standard InChI is InChI=1S/C10H17BrN4S/c1-4-8-10(11)9(16-15(8)3)5-13-7(2)14-6-12/h6,8H,4-5H2,1-3H3,(H2,12,13,14). The maximum atomic E-state index is 6.90. The molecule has 0 bridgehead atoms. The van der Waals surface area contributed by atoms with Gasteiger partial charge in [-0.05, 0) is 32.3 Å². The molecule has 1 heterocycles. The van der Waals surface area contributed by atoms with Gasteiger partial charge in [0.15, 0.2) is 0 Å². The fourth-order valence-electron chi connectivity index (χ4n) is 1.51. The van der Waals surface area contributed by atoms with Gasteiger partial charge in [0.1, 0.15) is 0 Å². The molecule has 0 aliphatic carbocycles. The molecule has 1 rings (SSSR count). The topological polar surface area (TPSA) is 51.5 Å². The molecular weight excluding hydrogens is 288 g/mol. The van der Waals surface area contributed by atoms with Crippen LogP contribution in [0, 0.1) is 5.41 Å². The van der Waals surface area contributed by atoms with Crippen molar-refractivity contribution in [3.05, 3.63) is 9.39 Å². The van der Waals surface area contributed by atoms with Crippen LogP contribution in [0.15, 0.2) is 14.4 Å². The molecule has 0 amide bonds. The molecule has 0 saturated heterocycles. The Morgan fingerprint density at radius 1 is 1.75 bits per heavy atom. The van der Waals surface area contributed by atoms with Crippen LogP contribution >= 0.6 is 27.9 Å². The number of halogens is 1. The SMILES string of the molecule is CCC1C(Br)=C(CN=C(C)NC=N)SN1C. The van der Waals surface area contributed by atoms with Gasteiger partial charge >= 0.3 is 0 Å². The lowest BCUT2D eigenvalue weighted by Crippen LogP contribution is -2.20. The van der Waals surface area contributed by atoms with Crippen LogP contribution in [0.5, 0.6) is 0 Å². The van der Waals surface area contributed by atoms with Crippen LogP contribution in [0.4, 0.5) is 0 Å². The van der Waals surface area contributed by atoms with E-state index in [1.807, 2.05) is 6.92 Å². The fraction of sp³-hybridized carbons (Fsp3) is 0.600. The lowest BCUT2D eigenvalue weighted by Gasteiger charge is -2.16. The van der Waals surface area contributed by atoms with Crippen molar-refractivity contribution in [3.63, 3.8) is 0 Å². The first-order valence-electron chi connectivity index (χ1n) is 5.16. The zero-order chi connectivity index (χ0) is 12.1. The van der Waals surface area contributed by atoms with Gasteiger partial charge in [-0.3, -0.25) is 10.4 Å². The lowest BCUT2D eigenvalue weighted by molar-refractivity contribution is 0.472. The third-order valence-electron chi connectivity index (χ3n) is 2.38. The van der Waals surface area contributed by atoms with Crippen molar-refractivity contribution in [3.8, 4) is 0 Å². The largest absolute Gasteiger partial charge is 0.336 e. The minimum Gasteiger partial charge on any atom is -0.336 e. The van der Waals surface area contributed by atoms with Gasteiger partial charge < -0.3 is 5.32 Å². The van der Waals surface area contributed by atoms with Crippen molar-refractivity contribution in [2.75, 3.05) is 13.6 Å². The van der Waals surface area contributed by atoms with E-state index in [0.717, 1.165) is 18.6 Å². The third-order valence-corrected chi connectivity index (χ3v) is 4.76. The highest BCUT2D eigenvalue weighted by molar-refractivity contribution is 9.11. The molecule has 0 radical (unpaired) electrons. The quantitative estimate of drug-likeness (QED) is 0.477. The van der Waals surface area contributed by atoms with Gasteiger partial charge in [-0.25, -0.2) is 4.31 Å². The zero-order valence-corrected chi connectivity index (χ0v) is 12.2. The number of hydrogen-bond donors (Lipinski definition) is 2. The van der Waals surface area contributed by atoms with Crippen molar-refractivity contribution in [1.82, 2.24) is 9.62 Å². The molecule has 1 aliphatic rings. The van der Waals surface area contributed by atoms with E-state index in [0.29, 0.717) is 12.6 Å². The Kier molecular flexibility index (Phi) is 5.51. The zero-order valence-electron chi connectivity index (χ0n) is 9.75. The van der Waals surface area contributed by atoms with Gasteiger partial charge in [0.25, 0.3) is 0 Å². The number of nitrogens with one attached hydrogen (secondary N) is 2. The van der Waals surface area contributed by atoms with E-state index in [1.165, 1.54) is 9.39 Å². The predicted molar refractivity (Wildman–Crippen MR) is 75.3 cm³/mol. The summed E-state index contributed by atoms with van der Waals surface area (Å²) in [5.41, 5.74) is 0. The number of rotatable bonds is 4. The number of likely N-dealkylation sites (N-methyl/N-ethyl adjacent to an activating group) is 1. The number of hydrogen-bond acceptors (Lipinski definition) is 4. The van der Waals surface area contributed by atoms with Crippen LogP contribution < -0.4 is 5.32 Å². The number of aliphatic imine (C=N–C) groups is 1. The summed E-state index contributed by atoms with van der Waals surface area (Å²) in [6.45, 7) is 4.70. The van der Waals surface area contributed by atoms with Crippen LogP contribution in [0.3, 0.4) is 0 Å². The van der Waals surface area contributed by atoms with Crippen LogP contribution in [0.25, 0.3) is 0 Å². The highest BCUT2D eigenvalue weighted by atomic mass is 79.9. The first kappa shape index (κ1) is 13.7. The highest BCUT2D eigenvalue weighted by Gasteiger charge is 2.27. The Morgan fingerprint density at radius 2 is 2.44 bits per heavy atom. The van der Waals surface area contributed by atoms with Crippen LogP contribution in [-0.2, 0) is 0 Å². The summed E-state index contributed by atoms with van der Waals surface area (Å²) >= 11 is 5.38. The minimum absolute atomic E-state index is 0.464. The molecule has 1 aliphatic heterocycles. The van der Waals surface area contributed by atoms with Gasteiger partial charge in [0.05, 0.1) is 24.8 Å². The monoisotopic (exact) mass is 304 g/mol. The summed E-state index contributed by atoms with van der Waals surface area (Å²) in [5.74, 6) is 0.769. The maximum absolute atomic E-state index is 6.90. The molecule has 4 nitrogen and oxygen atoms in total. The van der Waals surface area contributed by atoms with Crippen LogP contribution in [0.1, 0.15) is 20.3 Å². The van der Waals surface area contributed by atoms with E-state index in [2.05, 4.69) is 44.5 Å². The summed E-state index contributed by atoms with van der Waals surface area (Å²) < 4.78 is 3.49. The molecule has 0 aromatic heterocycles. The van der Waals surface area contributed by atoms with E-state index in [9.17, 15) is 0 Å². The molecule has 0 spiro atoms. The second-order valence-corrected chi connectivity index (χ2v) is 5.63. The van der Waals surface area contributed by atoms with E-state index in [1.54, 1.807) is 11.9 Å². The first-order chi connectivity index (χ1) is 7.60. The molecule has 90 valence electrons. The Balaban J connectivity index is 2.64. The van der Waals surface area contributed by atoms with Crippen LogP contribution in [0.2, 0.25) is 0 Å². The molecule has 1 unspecified atom stereocenters. The molecule has 2 N–H and O–H groups in total. The normalized spacial score (nSPS) is 22.8. The van der Waals surface area contributed by atoms with Gasteiger partial charge in [0, 0.05) is 9.39 Å². The van der Waals surface area contributed by atoms with Gasteiger partial charge in [-0.2, -0.15) is 0 Å². The minimum atomic E-state index is 0.464. The smallest absolute Gasteiger partial charge is 0.0986 e. The molecule has 0 aromatic rings. The highest BCUT2D eigenvalue weighted by Crippen LogP contribution is 2.40. The second-order valence-electron chi connectivity index (χ2n) is 3.52. The number of nitrogens with zero attached hydrogens (tertiary/aromatic N) is 2. The number of amidine groups is 1. The Morgan fingerprint density at radius 3 is 2.94 bits per heavy atom. The maximum Gasteiger partial charge on any atom is 0.0986 e. The average molecular weight is 305 g/mol. The molecule has 6 heteroatoms. The van der Waals surface area contributed by atoms with Crippen molar-refractivity contribution >= 4 is 40.1 Å². The second kappa shape index (κ2) is 6.42. The molecular formula is C10H17BrN4S. The van der Waals surface area contributed by atoms with E-state index >= 15 is 0 Å². The molecule has 0 saturated carbocycles.